The number of rotatable bonds is 4. The van der Waals surface area contributed by atoms with Crippen LogP contribution in [0.3, 0.4) is 0 Å². The van der Waals surface area contributed by atoms with Crippen LogP contribution < -0.4 is 4.72 Å². The average molecular weight is 335 g/mol. The van der Waals surface area contributed by atoms with Crippen LogP contribution in [-0.2, 0) is 33.0 Å². The third-order valence-corrected chi connectivity index (χ3v) is 5.03. The highest BCUT2D eigenvalue weighted by Crippen LogP contribution is 2.29. The summed E-state index contributed by atoms with van der Waals surface area (Å²) >= 11 is 0. The molecular weight excluding hydrogens is 318 g/mol. The number of amides is 1. The van der Waals surface area contributed by atoms with Crippen molar-refractivity contribution < 1.29 is 17.9 Å². The predicted octanol–water partition coefficient (Wildman–Crippen LogP) is 0.929. The van der Waals surface area contributed by atoms with E-state index in [1.54, 1.807) is 7.05 Å². The maximum atomic E-state index is 12.1. The van der Waals surface area contributed by atoms with Gasteiger partial charge in [0.05, 0.1) is 25.3 Å². The molecule has 3 rings (SSSR count). The summed E-state index contributed by atoms with van der Waals surface area (Å²) < 4.78 is 33.3. The van der Waals surface area contributed by atoms with Crippen LogP contribution in [0, 0.1) is 0 Å². The van der Waals surface area contributed by atoms with Gasteiger partial charge in [0, 0.05) is 13.2 Å². The van der Waals surface area contributed by atoms with Gasteiger partial charge in [-0.3, -0.25) is 9.48 Å². The summed E-state index contributed by atoms with van der Waals surface area (Å²) in [5.74, 6) is -0.601. The maximum Gasteiger partial charge on any atom is 0.267 e. The smallest absolute Gasteiger partial charge is 0.267 e. The molecule has 2 heterocycles. The third kappa shape index (κ3) is 3.43. The van der Waals surface area contributed by atoms with E-state index in [2.05, 4.69) is 9.82 Å². The Morgan fingerprint density at radius 3 is 2.96 bits per heavy atom. The first-order chi connectivity index (χ1) is 11.0. The van der Waals surface area contributed by atoms with Gasteiger partial charge in [0.25, 0.3) is 10.0 Å². The molecule has 7 nitrogen and oxygen atoms in total. The molecule has 1 amide bonds. The van der Waals surface area contributed by atoms with Gasteiger partial charge in [-0.1, -0.05) is 24.3 Å². The Labute approximate surface area is 134 Å². The fraction of sp³-hybridized carbons (Fsp3) is 0.333. The molecule has 0 spiro atoms. The van der Waals surface area contributed by atoms with Gasteiger partial charge in [-0.15, -0.1) is 0 Å². The van der Waals surface area contributed by atoms with Crippen LogP contribution >= 0.6 is 0 Å². The number of aryl methyl sites for hydroxylation is 1. The minimum atomic E-state index is -3.91. The number of benzene rings is 1. The molecule has 0 saturated carbocycles. The van der Waals surface area contributed by atoms with E-state index in [0.717, 1.165) is 17.5 Å². The van der Waals surface area contributed by atoms with Crippen LogP contribution in [0.15, 0.2) is 41.6 Å². The molecule has 1 aliphatic heterocycles. The second kappa shape index (κ2) is 6.13. The van der Waals surface area contributed by atoms with Crippen LogP contribution in [0.2, 0.25) is 0 Å². The number of carbonyl (C=O) groups is 1. The number of sulfonamides is 1. The van der Waals surface area contributed by atoms with E-state index in [-0.39, 0.29) is 11.3 Å². The topological polar surface area (TPSA) is 90.3 Å². The van der Waals surface area contributed by atoms with Crippen LogP contribution in [0.4, 0.5) is 0 Å². The van der Waals surface area contributed by atoms with Gasteiger partial charge in [0.15, 0.2) is 0 Å². The zero-order valence-corrected chi connectivity index (χ0v) is 13.4. The molecule has 0 saturated heterocycles. The SMILES string of the molecule is Cn1cc(S(=O)(=O)NC(=O)C[C@H]2OCCc3ccccc32)cn1. The Morgan fingerprint density at radius 2 is 2.22 bits per heavy atom. The quantitative estimate of drug-likeness (QED) is 0.897. The van der Waals surface area contributed by atoms with E-state index in [0.29, 0.717) is 6.61 Å². The Bertz CT molecular complexity index is 829. The Kier molecular flexibility index (Phi) is 4.18. The zero-order valence-electron chi connectivity index (χ0n) is 12.6. The zero-order chi connectivity index (χ0) is 16.4. The average Bonchev–Trinajstić information content (AvgIpc) is 2.95. The number of aromatic nitrogens is 2. The maximum absolute atomic E-state index is 12.1. The summed E-state index contributed by atoms with van der Waals surface area (Å²) in [6.45, 7) is 0.518. The van der Waals surface area contributed by atoms with E-state index in [1.165, 1.54) is 17.1 Å². The molecule has 1 aliphatic rings. The summed E-state index contributed by atoms with van der Waals surface area (Å²) in [6.07, 6.45) is 2.85. The molecule has 0 unspecified atom stereocenters. The van der Waals surface area contributed by atoms with Crippen molar-refractivity contribution in [3.8, 4) is 0 Å². The van der Waals surface area contributed by atoms with Gasteiger partial charge in [0.1, 0.15) is 4.90 Å². The number of nitrogens with one attached hydrogen (secondary N) is 1. The van der Waals surface area contributed by atoms with Crippen molar-refractivity contribution in [2.24, 2.45) is 7.05 Å². The lowest BCUT2D eigenvalue weighted by Crippen LogP contribution is -2.32. The van der Waals surface area contributed by atoms with Gasteiger partial charge in [-0.2, -0.15) is 5.10 Å². The predicted molar refractivity (Wildman–Crippen MR) is 82.0 cm³/mol. The molecule has 0 fully saturated rings. The van der Waals surface area contributed by atoms with E-state index < -0.39 is 22.0 Å². The number of ether oxygens (including phenoxy) is 1. The van der Waals surface area contributed by atoms with Gasteiger partial charge < -0.3 is 4.74 Å². The monoisotopic (exact) mass is 335 g/mol. The van der Waals surface area contributed by atoms with Crippen molar-refractivity contribution in [3.63, 3.8) is 0 Å². The minimum absolute atomic E-state index is 0.0432. The van der Waals surface area contributed by atoms with Crippen LogP contribution in [0.25, 0.3) is 0 Å². The first kappa shape index (κ1) is 15.7. The largest absolute Gasteiger partial charge is 0.373 e. The van der Waals surface area contributed by atoms with E-state index in [9.17, 15) is 13.2 Å². The summed E-state index contributed by atoms with van der Waals surface area (Å²) in [6, 6.07) is 7.72. The molecule has 1 N–H and O–H groups in total. The Morgan fingerprint density at radius 1 is 1.43 bits per heavy atom. The number of nitrogens with zero attached hydrogens (tertiary/aromatic N) is 2. The first-order valence-electron chi connectivity index (χ1n) is 7.19. The summed E-state index contributed by atoms with van der Waals surface area (Å²) in [4.78, 5) is 12.1. The molecule has 122 valence electrons. The van der Waals surface area contributed by atoms with Crippen LogP contribution in [0.1, 0.15) is 23.7 Å². The number of carbonyl (C=O) groups excluding carboxylic acids is 1. The lowest BCUT2D eigenvalue weighted by Gasteiger charge is -2.25. The standard InChI is InChI=1S/C15H17N3O4S/c1-18-10-12(9-16-18)23(20,21)17-15(19)8-14-13-5-3-2-4-11(13)6-7-22-14/h2-5,9-10,14H,6-8H2,1H3,(H,17,19)/t14-/m1/s1. The Hall–Kier alpha value is -2.19. The molecule has 1 aromatic carbocycles. The summed E-state index contributed by atoms with van der Waals surface area (Å²) in [5, 5.41) is 3.80. The minimum Gasteiger partial charge on any atom is -0.373 e. The highest BCUT2D eigenvalue weighted by atomic mass is 32.2. The van der Waals surface area contributed by atoms with Gasteiger partial charge in [-0.25, -0.2) is 13.1 Å². The molecule has 23 heavy (non-hydrogen) atoms. The number of hydrogen-bond donors (Lipinski definition) is 1. The second-order valence-corrected chi connectivity index (χ2v) is 7.07. The normalized spacial score (nSPS) is 17.5. The molecular formula is C15H17N3O4S. The van der Waals surface area contributed by atoms with Gasteiger partial charge >= 0.3 is 0 Å². The lowest BCUT2D eigenvalue weighted by molar-refractivity contribution is -0.122. The number of hydrogen-bond acceptors (Lipinski definition) is 5. The van der Waals surface area contributed by atoms with Crippen molar-refractivity contribution in [1.82, 2.24) is 14.5 Å². The van der Waals surface area contributed by atoms with Gasteiger partial charge in [-0.05, 0) is 17.5 Å². The molecule has 0 bridgehead atoms. The first-order valence-corrected chi connectivity index (χ1v) is 8.68. The fourth-order valence-corrected chi connectivity index (χ4v) is 3.58. The second-order valence-electron chi connectivity index (χ2n) is 5.39. The van der Waals surface area contributed by atoms with Crippen LogP contribution in [0.5, 0.6) is 0 Å². The van der Waals surface area contributed by atoms with E-state index in [4.69, 9.17) is 4.74 Å². The summed E-state index contributed by atoms with van der Waals surface area (Å²) in [5.41, 5.74) is 2.07. The highest BCUT2D eigenvalue weighted by Gasteiger charge is 2.26. The molecule has 0 radical (unpaired) electrons. The third-order valence-electron chi connectivity index (χ3n) is 3.70. The van der Waals surface area contributed by atoms with Crippen molar-refractivity contribution in [2.75, 3.05) is 6.61 Å². The van der Waals surface area contributed by atoms with Crippen molar-refractivity contribution in [2.45, 2.75) is 23.8 Å². The summed E-state index contributed by atoms with van der Waals surface area (Å²) in [7, 11) is -2.30. The van der Waals surface area contributed by atoms with E-state index >= 15 is 0 Å². The van der Waals surface area contributed by atoms with Crippen molar-refractivity contribution >= 4 is 15.9 Å². The highest BCUT2D eigenvalue weighted by molar-refractivity contribution is 7.90. The number of fused-ring (bicyclic) bond motifs is 1. The molecule has 1 atom stereocenters. The Balaban J connectivity index is 1.71. The molecule has 8 heteroatoms. The molecule has 1 aromatic heterocycles. The lowest BCUT2D eigenvalue weighted by atomic mass is 9.96. The van der Waals surface area contributed by atoms with Crippen molar-refractivity contribution in [3.05, 3.63) is 47.8 Å². The fourth-order valence-electron chi connectivity index (χ4n) is 2.60. The van der Waals surface area contributed by atoms with Crippen LogP contribution in [-0.4, -0.2) is 30.7 Å². The van der Waals surface area contributed by atoms with Gasteiger partial charge in [0.2, 0.25) is 5.91 Å². The van der Waals surface area contributed by atoms with E-state index in [1.807, 2.05) is 24.3 Å². The molecule has 0 aliphatic carbocycles. The van der Waals surface area contributed by atoms with Crippen molar-refractivity contribution in [1.29, 1.82) is 0 Å². The molecule has 2 aromatic rings.